The molecule has 118 valence electrons. The number of thiophene rings is 1. The maximum absolute atomic E-state index is 12.6. The molecule has 1 amide bonds. The normalized spacial score (nSPS) is 12.3. The zero-order valence-electron chi connectivity index (χ0n) is 13.0. The molecule has 1 atom stereocenters. The number of amides is 1. The van der Waals surface area contributed by atoms with Gasteiger partial charge in [0.15, 0.2) is 0 Å². The number of benzene rings is 1. The van der Waals surface area contributed by atoms with Crippen LogP contribution in [0.1, 0.15) is 12.5 Å². The molecule has 0 bridgehead atoms. The van der Waals surface area contributed by atoms with Crippen LogP contribution in [0.4, 0.5) is 0 Å². The third-order valence-corrected chi connectivity index (χ3v) is 5.42. The molecule has 0 saturated heterocycles. The van der Waals surface area contributed by atoms with Crippen molar-refractivity contribution < 1.29 is 4.79 Å². The van der Waals surface area contributed by atoms with E-state index < -0.39 is 0 Å². The number of nitrogens with zero attached hydrogens (tertiary/aromatic N) is 3. The number of aromatic nitrogens is 2. The molecule has 0 spiro atoms. The molecule has 0 aliphatic carbocycles. The Morgan fingerprint density at radius 2 is 2.04 bits per heavy atom. The van der Waals surface area contributed by atoms with Crippen LogP contribution >= 0.6 is 23.1 Å². The topological polar surface area (TPSA) is 46.1 Å². The van der Waals surface area contributed by atoms with Crippen LogP contribution < -0.4 is 0 Å². The van der Waals surface area contributed by atoms with Crippen LogP contribution in [0.3, 0.4) is 0 Å². The molecule has 0 fully saturated rings. The molecule has 6 heteroatoms. The lowest BCUT2D eigenvalue weighted by molar-refractivity contribution is -0.129. The summed E-state index contributed by atoms with van der Waals surface area (Å²) >= 11 is 3.07. The summed E-state index contributed by atoms with van der Waals surface area (Å²) in [5.74, 6) is 0.0980. The molecular weight excluding hydrogens is 326 g/mol. The lowest BCUT2D eigenvalue weighted by Crippen LogP contribution is -2.32. The van der Waals surface area contributed by atoms with Crippen molar-refractivity contribution in [3.05, 3.63) is 53.7 Å². The Bertz CT molecular complexity index is 804. The van der Waals surface area contributed by atoms with Gasteiger partial charge in [-0.2, -0.15) is 0 Å². The van der Waals surface area contributed by atoms with Gasteiger partial charge in [0.1, 0.15) is 16.2 Å². The zero-order valence-corrected chi connectivity index (χ0v) is 14.6. The van der Waals surface area contributed by atoms with Crippen LogP contribution in [-0.2, 0) is 11.3 Å². The van der Waals surface area contributed by atoms with Crippen LogP contribution in [0.5, 0.6) is 0 Å². The number of thioether (sulfide) groups is 1. The van der Waals surface area contributed by atoms with E-state index in [0.717, 1.165) is 20.8 Å². The zero-order chi connectivity index (χ0) is 16.2. The Labute approximate surface area is 143 Å². The van der Waals surface area contributed by atoms with Crippen molar-refractivity contribution in [3.8, 4) is 0 Å². The second kappa shape index (κ2) is 7.10. The Hall–Kier alpha value is -1.92. The van der Waals surface area contributed by atoms with E-state index in [0.29, 0.717) is 6.54 Å². The van der Waals surface area contributed by atoms with Gasteiger partial charge in [-0.15, -0.1) is 11.3 Å². The van der Waals surface area contributed by atoms with Gasteiger partial charge in [0.05, 0.1) is 5.25 Å². The van der Waals surface area contributed by atoms with E-state index >= 15 is 0 Å². The Morgan fingerprint density at radius 3 is 2.83 bits per heavy atom. The first-order valence-corrected chi connectivity index (χ1v) is 9.05. The first kappa shape index (κ1) is 16.0. The van der Waals surface area contributed by atoms with E-state index in [1.54, 1.807) is 22.6 Å². The summed E-state index contributed by atoms with van der Waals surface area (Å²) in [5, 5.41) is 3.69. The highest BCUT2D eigenvalue weighted by Crippen LogP contribution is 2.30. The van der Waals surface area contributed by atoms with E-state index in [1.165, 1.54) is 11.8 Å². The third-order valence-electron chi connectivity index (χ3n) is 3.50. The molecule has 0 radical (unpaired) electrons. The SMILES string of the molecule is C[C@H](Sc1ncnc2sccc12)C(=O)N(C)Cc1ccccc1. The highest BCUT2D eigenvalue weighted by molar-refractivity contribution is 8.00. The maximum Gasteiger partial charge on any atom is 0.235 e. The number of carbonyl (C=O) groups excluding carboxylic acids is 1. The molecule has 0 unspecified atom stereocenters. The Morgan fingerprint density at radius 1 is 1.26 bits per heavy atom. The summed E-state index contributed by atoms with van der Waals surface area (Å²) in [5.41, 5.74) is 1.13. The van der Waals surface area contributed by atoms with E-state index in [-0.39, 0.29) is 11.2 Å². The summed E-state index contributed by atoms with van der Waals surface area (Å²) in [6.45, 7) is 2.54. The van der Waals surface area contributed by atoms with E-state index in [2.05, 4.69) is 9.97 Å². The molecule has 0 saturated carbocycles. The molecule has 3 aromatic rings. The fourth-order valence-corrected chi connectivity index (χ4v) is 4.14. The van der Waals surface area contributed by atoms with Gasteiger partial charge in [0.25, 0.3) is 0 Å². The quantitative estimate of drug-likeness (QED) is 0.522. The van der Waals surface area contributed by atoms with Crippen molar-refractivity contribution in [2.24, 2.45) is 0 Å². The van der Waals surface area contributed by atoms with Crippen molar-refractivity contribution >= 4 is 39.2 Å². The number of carbonyl (C=O) groups is 1. The lowest BCUT2D eigenvalue weighted by atomic mass is 10.2. The molecule has 2 aromatic heterocycles. The van der Waals surface area contributed by atoms with Gasteiger partial charge in [0, 0.05) is 19.0 Å². The average Bonchev–Trinajstić information content (AvgIpc) is 3.04. The second-order valence-corrected chi connectivity index (χ2v) is 7.48. The van der Waals surface area contributed by atoms with Crippen molar-refractivity contribution in [3.63, 3.8) is 0 Å². The van der Waals surface area contributed by atoms with Crippen LogP contribution in [0.25, 0.3) is 10.2 Å². The molecule has 0 aliphatic rings. The molecule has 23 heavy (non-hydrogen) atoms. The fourth-order valence-electron chi connectivity index (χ4n) is 2.32. The van der Waals surface area contributed by atoms with Crippen molar-refractivity contribution in [1.82, 2.24) is 14.9 Å². The van der Waals surface area contributed by atoms with Gasteiger partial charge in [-0.1, -0.05) is 42.1 Å². The largest absolute Gasteiger partial charge is 0.340 e. The summed E-state index contributed by atoms with van der Waals surface area (Å²) in [4.78, 5) is 23.9. The van der Waals surface area contributed by atoms with Gasteiger partial charge in [-0.25, -0.2) is 9.97 Å². The fraction of sp³-hybridized carbons (Fsp3) is 0.235. The van der Waals surface area contributed by atoms with E-state index in [4.69, 9.17) is 0 Å². The van der Waals surface area contributed by atoms with Gasteiger partial charge in [0.2, 0.25) is 5.91 Å². The standard InChI is InChI=1S/C17H17N3OS2/c1-12(17(21)20(2)10-13-6-4-3-5-7-13)23-16-14-8-9-22-15(14)18-11-19-16/h3-9,11-12H,10H2,1-2H3/t12-/m0/s1. The monoisotopic (exact) mass is 343 g/mol. The minimum Gasteiger partial charge on any atom is -0.340 e. The molecule has 0 N–H and O–H groups in total. The first-order valence-electron chi connectivity index (χ1n) is 7.29. The Balaban J connectivity index is 1.68. The van der Waals surface area contributed by atoms with Crippen LogP contribution in [0, 0.1) is 0 Å². The van der Waals surface area contributed by atoms with Crippen molar-refractivity contribution in [2.45, 2.75) is 23.7 Å². The number of hydrogen-bond acceptors (Lipinski definition) is 5. The van der Waals surface area contributed by atoms with Gasteiger partial charge >= 0.3 is 0 Å². The Kier molecular flexibility index (Phi) is 4.93. The minimum absolute atomic E-state index is 0.0980. The predicted molar refractivity (Wildman–Crippen MR) is 95.7 cm³/mol. The van der Waals surface area contributed by atoms with Gasteiger partial charge in [-0.3, -0.25) is 4.79 Å². The first-order chi connectivity index (χ1) is 11.1. The van der Waals surface area contributed by atoms with Crippen molar-refractivity contribution in [2.75, 3.05) is 7.05 Å². The molecule has 0 aliphatic heterocycles. The highest BCUT2D eigenvalue weighted by atomic mass is 32.2. The lowest BCUT2D eigenvalue weighted by Gasteiger charge is -2.21. The number of hydrogen-bond donors (Lipinski definition) is 0. The molecule has 2 heterocycles. The third kappa shape index (κ3) is 3.71. The van der Waals surface area contributed by atoms with Crippen LogP contribution in [0.2, 0.25) is 0 Å². The van der Waals surface area contributed by atoms with Gasteiger partial charge in [-0.05, 0) is 23.9 Å². The number of rotatable bonds is 5. The van der Waals surface area contributed by atoms with Crippen LogP contribution in [-0.4, -0.2) is 33.1 Å². The summed E-state index contributed by atoms with van der Waals surface area (Å²) in [6.07, 6.45) is 1.56. The highest BCUT2D eigenvalue weighted by Gasteiger charge is 2.20. The summed E-state index contributed by atoms with van der Waals surface area (Å²) in [6, 6.07) is 12.0. The second-order valence-electron chi connectivity index (χ2n) is 5.26. The van der Waals surface area contributed by atoms with Gasteiger partial charge < -0.3 is 4.90 Å². The van der Waals surface area contributed by atoms with E-state index in [1.807, 2.05) is 55.7 Å². The van der Waals surface area contributed by atoms with Crippen LogP contribution in [0.15, 0.2) is 53.1 Å². The van der Waals surface area contributed by atoms with E-state index in [9.17, 15) is 4.79 Å². The summed E-state index contributed by atoms with van der Waals surface area (Å²) in [7, 11) is 1.84. The minimum atomic E-state index is -0.193. The predicted octanol–water partition coefficient (Wildman–Crippen LogP) is 3.83. The molecule has 4 nitrogen and oxygen atoms in total. The molecular formula is C17H17N3OS2. The average molecular weight is 343 g/mol. The summed E-state index contributed by atoms with van der Waals surface area (Å²) < 4.78 is 0. The number of fused-ring (bicyclic) bond motifs is 1. The molecule has 1 aromatic carbocycles. The maximum atomic E-state index is 12.6. The smallest absolute Gasteiger partial charge is 0.235 e. The van der Waals surface area contributed by atoms with Crippen molar-refractivity contribution in [1.29, 1.82) is 0 Å². The molecule has 3 rings (SSSR count).